The smallest absolute Gasteiger partial charge is 0.251 e. The standard InChI is InChI=1S/C16H17N3O2/c1-11-10-14(6-5-13(11)4-3-9-20)16(21)19-12(2)15-17-7-8-18-15/h5-8,10,12,20H,9H2,1-2H3,(H,17,18)(H,19,21). The minimum absolute atomic E-state index is 0.163. The lowest BCUT2D eigenvalue weighted by molar-refractivity contribution is 0.0938. The van der Waals surface area contributed by atoms with Crippen LogP contribution in [0.15, 0.2) is 30.6 Å². The number of nitrogens with one attached hydrogen (secondary N) is 2. The molecule has 5 nitrogen and oxygen atoms in total. The maximum absolute atomic E-state index is 12.2. The maximum Gasteiger partial charge on any atom is 0.251 e. The fourth-order valence-corrected chi connectivity index (χ4v) is 1.94. The molecule has 0 aliphatic rings. The number of aromatic nitrogens is 2. The molecular formula is C16H17N3O2. The van der Waals surface area contributed by atoms with Gasteiger partial charge in [0.25, 0.3) is 5.91 Å². The van der Waals surface area contributed by atoms with Gasteiger partial charge in [-0.15, -0.1) is 0 Å². The van der Waals surface area contributed by atoms with Gasteiger partial charge in [-0.2, -0.15) is 0 Å². The summed E-state index contributed by atoms with van der Waals surface area (Å²) in [5, 5.41) is 11.6. The quantitative estimate of drug-likeness (QED) is 0.748. The molecule has 1 amide bonds. The van der Waals surface area contributed by atoms with E-state index in [2.05, 4.69) is 27.1 Å². The number of benzene rings is 1. The van der Waals surface area contributed by atoms with Gasteiger partial charge in [-0.05, 0) is 37.6 Å². The molecule has 1 unspecified atom stereocenters. The molecule has 0 aliphatic heterocycles. The highest BCUT2D eigenvalue weighted by atomic mass is 16.2. The zero-order chi connectivity index (χ0) is 15.2. The normalized spacial score (nSPS) is 11.4. The third kappa shape index (κ3) is 3.71. The Bertz CT molecular complexity index is 681. The van der Waals surface area contributed by atoms with Gasteiger partial charge in [-0.3, -0.25) is 4.79 Å². The molecule has 1 atom stereocenters. The molecule has 0 fully saturated rings. The van der Waals surface area contributed by atoms with E-state index in [1.807, 2.05) is 13.8 Å². The first-order chi connectivity index (χ1) is 10.1. The van der Waals surface area contributed by atoms with Gasteiger partial charge < -0.3 is 15.4 Å². The van der Waals surface area contributed by atoms with Crippen molar-refractivity contribution < 1.29 is 9.90 Å². The zero-order valence-electron chi connectivity index (χ0n) is 12.0. The van der Waals surface area contributed by atoms with Crippen LogP contribution in [0.5, 0.6) is 0 Å². The monoisotopic (exact) mass is 283 g/mol. The zero-order valence-corrected chi connectivity index (χ0v) is 12.0. The number of carbonyl (C=O) groups is 1. The van der Waals surface area contributed by atoms with Crippen LogP contribution in [-0.4, -0.2) is 27.6 Å². The largest absolute Gasteiger partial charge is 0.384 e. The predicted molar refractivity (Wildman–Crippen MR) is 79.6 cm³/mol. The molecule has 21 heavy (non-hydrogen) atoms. The first kappa shape index (κ1) is 14.8. The number of carbonyl (C=O) groups excluding carboxylic acids is 1. The Morgan fingerprint density at radius 3 is 2.95 bits per heavy atom. The minimum atomic E-state index is -0.193. The van der Waals surface area contributed by atoms with Crippen molar-refractivity contribution in [2.24, 2.45) is 0 Å². The third-order valence-corrected chi connectivity index (χ3v) is 3.07. The summed E-state index contributed by atoms with van der Waals surface area (Å²) in [5.74, 6) is 5.99. The lowest BCUT2D eigenvalue weighted by Crippen LogP contribution is -2.27. The summed E-state index contributed by atoms with van der Waals surface area (Å²) in [7, 11) is 0. The van der Waals surface area contributed by atoms with Crippen LogP contribution in [0, 0.1) is 18.8 Å². The second-order valence-electron chi connectivity index (χ2n) is 4.66. The number of amides is 1. The van der Waals surface area contributed by atoms with E-state index in [9.17, 15) is 4.79 Å². The van der Waals surface area contributed by atoms with Crippen LogP contribution >= 0.6 is 0 Å². The number of aryl methyl sites for hydroxylation is 1. The van der Waals surface area contributed by atoms with Crippen LogP contribution in [0.2, 0.25) is 0 Å². The SMILES string of the molecule is Cc1cc(C(=O)NC(C)c2ncc[nH]2)ccc1C#CCO. The van der Waals surface area contributed by atoms with Crippen molar-refractivity contribution in [1.29, 1.82) is 0 Å². The topological polar surface area (TPSA) is 78.0 Å². The Morgan fingerprint density at radius 1 is 1.52 bits per heavy atom. The Balaban J connectivity index is 2.11. The number of aromatic amines is 1. The molecule has 108 valence electrons. The number of H-pyrrole nitrogens is 1. The molecule has 5 heteroatoms. The summed E-state index contributed by atoms with van der Waals surface area (Å²) in [4.78, 5) is 19.3. The van der Waals surface area contributed by atoms with Crippen LogP contribution in [0.3, 0.4) is 0 Å². The number of hydrogen-bond acceptors (Lipinski definition) is 3. The van der Waals surface area contributed by atoms with E-state index in [1.165, 1.54) is 0 Å². The minimum Gasteiger partial charge on any atom is -0.384 e. The molecule has 2 rings (SSSR count). The second kappa shape index (κ2) is 6.73. The summed E-state index contributed by atoms with van der Waals surface area (Å²) in [6.45, 7) is 3.57. The molecule has 2 aromatic rings. The van der Waals surface area contributed by atoms with Crippen molar-refractivity contribution in [3.8, 4) is 11.8 Å². The summed E-state index contributed by atoms with van der Waals surface area (Å²) < 4.78 is 0. The maximum atomic E-state index is 12.2. The summed E-state index contributed by atoms with van der Waals surface area (Å²) in [5.41, 5.74) is 2.27. The van der Waals surface area contributed by atoms with Crippen LogP contribution < -0.4 is 5.32 Å². The van der Waals surface area contributed by atoms with Gasteiger partial charge in [0.1, 0.15) is 12.4 Å². The van der Waals surface area contributed by atoms with Crippen molar-refractivity contribution in [3.05, 3.63) is 53.1 Å². The van der Waals surface area contributed by atoms with Crippen LogP contribution in [0.4, 0.5) is 0 Å². The van der Waals surface area contributed by atoms with Crippen LogP contribution in [0.1, 0.15) is 40.3 Å². The Hall–Kier alpha value is -2.58. The highest BCUT2D eigenvalue weighted by molar-refractivity contribution is 5.94. The van der Waals surface area contributed by atoms with E-state index in [4.69, 9.17) is 5.11 Å². The van der Waals surface area contributed by atoms with Crippen molar-refractivity contribution in [1.82, 2.24) is 15.3 Å². The highest BCUT2D eigenvalue weighted by Crippen LogP contribution is 2.12. The van der Waals surface area contributed by atoms with Gasteiger partial charge >= 0.3 is 0 Å². The lowest BCUT2D eigenvalue weighted by Gasteiger charge is -2.12. The number of imidazole rings is 1. The number of aliphatic hydroxyl groups excluding tert-OH is 1. The van der Waals surface area contributed by atoms with E-state index in [-0.39, 0.29) is 18.6 Å². The first-order valence-corrected chi connectivity index (χ1v) is 6.62. The number of aliphatic hydroxyl groups is 1. The molecule has 0 aliphatic carbocycles. The summed E-state index contributed by atoms with van der Waals surface area (Å²) in [6.07, 6.45) is 3.37. The average Bonchev–Trinajstić information content (AvgIpc) is 3.00. The molecule has 1 heterocycles. The molecule has 3 N–H and O–H groups in total. The van der Waals surface area contributed by atoms with E-state index in [0.29, 0.717) is 11.4 Å². The predicted octanol–water partition coefficient (Wildman–Crippen LogP) is 1.55. The molecular weight excluding hydrogens is 266 g/mol. The Kier molecular flexibility index (Phi) is 4.75. The van der Waals surface area contributed by atoms with E-state index < -0.39 is 0 Å². The Morgan fingerprint density at radius 2 is 2.33 bits per heavy atom. The number of hydrogen-bond donors (Lipinski definition) is 3. The van der Waals surface area contributed by atoms with Gasteiger partial charge in [0.05, 0.1) is 6.04 Å². The fraction of sp³-hybridized carbons (Fsp3) is 0.250. The van der Waals surface area contributed by atoms with Gasteiger partial charge in [0.2, 0.25) is 0 Å². The molecule has 0 spiro atoms. The van der Waals surface area contributed by atoms with Crippen LogP contribution in [-0.2, 0) is 0 Å². The average molecular weight is 283 g/mol. The summed E-state index contributed by atoms with van der Waals surface area (Å²) in [6, 6.07) is 5.09. The molecule has 0 radical (unpaired) electrons. The molecule has 1 aromatic heterocycles. The van der Waals surface area contributed by atoms with Gasteiger partial charge in [-0.25, -0.2) is 4.98 Å². The summed E-state index contributed by atoms with van der Waals surface area (Å²) >= 11 is 0. The molecule has 0 saturated heterocycles. The number of rotatable bonds is 3. The Labute approximate surface area is 123 Å². The van der Waals surface area contributed by atoms with E-state index >= 15 is 0 Å². The van der Waals surface area contributed by atoms with Gasteiger partial charge in [0, 0.05) is 23.5 Å². The molecule has 0 saturated carbocycles. The van der Waals surface area contributed by atoms with Crippen molar-refractivity contribution in [3.63, 3.8) is 0 Å². The number of nitrogens with zero attached hydrogens (tertiary/aromatic N) is 1. The van der Waals surface area contributed by atoms with Crippen molar-refractivity contribution >= 4 is 5.91 Å². The highest BCUT2D eigenvalue weighted by Gasteiger charge is 2.13. The molecule has 1 aromatic carbocycles. The lowest BCUT2D eigenvalue weighted by atomic mass is 10.0. The van der Waals surface area contributed by atoms with Gasteiger partial charge in [-0.1, -0.05) is 11.8 Å². The van der Waals surface area contributed by atoms with Crippen LogP contribution in [0.25, 0.3) is 0 Å². The van der Waals surface area contributed by atoms with Crippen molar-refractivity contribution in [2.45, 2.75) is 19.9 Å². The van der Waals surface area contributed by atoms with Gasteiger partial charge in [0.15, 0.2) is 0 Å². The third-order valence-electron chi connectivity index (χ3n) is 3.07. The van der Waals surface area contributed by atoms with E-state index in [1.54, 1.807) is 30.6 Å². The van der Waals surface area contributed by atoms with E-state index in [0.717, 1.165) is 11.1 Å². The first-order valence-electron chi connectivity index (χ1n) is 6.62. The fourth-order valence-electron chi connectivity index (χ4n) is 1.94. The van der Waals surface area contributed by atoms with Crippen molar-refractivity contribution in [2.75, 3.05) is 6.61 Å². The molecule has 0 bridgehead atoms. The second-order valence-corrected chi connectivity index (χ2v) is 4.66.